The van der Waals surface area contributed by atoms with E-state index in [2.05, 4.69) is 15.6 Å². The normalized spacial score (nSPS) is 14.6. The van der Waals surface area contributed by atoms with E-state index < -0.39 is 6.03 Å². The van der Waals surface area contributed by atoms with Gasteiger partial charge in [0.05, 0.1) is 16.3 Å². The first kappa shape index (κ1) is 14.6. The van der Waals surface area contributed by atoms with E-state index in [0.29, 0.717) is 26.9 Å². The summed E-state index contributed by atoms with van der Waals surface area (Å²) in [5.74, 6) is -0.0841. The number of amidine groups is 1. The summed E-state index contributed by atoms with van der Waals surface area (Å²) in [5, 5.41) is 5.86. The number of amides is 3. The van der Waals surface area contributed by atoms with Crippen LogP contribution in [0.3, 0.4) is 0 Å². The highest BCUT2D eigenvalue weighted by atomic mass is 35.5. The Kier molecular flexibility index (Phi) is 3.83. The molecule has 0 bridgehead atoms. The lowest BCUT2D eigenvalue weighted by Gasteiger charge is -2.05. The summed E-state index contributed by atoms with van der Waals surface area (Å²) in [5.41, 5.74) is 1.41. The number of carbonyl (C=O) groups is 2. The van der Waals surface area contributed by atoms with Gasteiger partial charge in [-0.1, -0.05) is 41.4 Å². The lowest BCUT2D eigenvalue weighted by molar-refractivity contribution is 0.0983. The molecule has 110 valence electrons. The Labute approximate surface area is 136 Å². The fourth-order valence-electron chi connectivity index (χ4n) is 2.06. The van der Waals surface area contributed by atoms with Gasteiger partial charge in [-0.25, -0.2) is 4.79 Å². The van der Waals surface area contributed by atoms with Crippen molar-refractivity contribution < 1.29 is 9.59 Å². The summed E-state index contributed by atoms with van der Waals surface area (Å²) < 4.78 is 0. The van der Waals surface area contributed by atoms with E-state index in [1.165, 1.54) is 6.07 Å². The minimum absolute atomic E-state index is 0.205. The van der Waals surface area contributed by atoms with E-state index >= 15 is 0 Å². The number of hydrogen-bond donors (Lipinski definition) is 2. The van der Waals surface area contributed by atoms with Gasteiger partial charge >= 0.3 is 6.03 Å². The number of fused-ring (bicyclic) bond motifs is 1. The third kappa shape index (κ3) is 2.81. The number of nitrogens with one attached hydrogen (secondary N) is 2. The van der Waals surface area contributed by atoms with Gasteiger partial charge in [0.15, 0.2) is 0 Å². The monoisotopic (exact) mass is 333 g/mol. The molecule has 0 aromatic heterocycles. The van der Waals surface area contributed by atoms with Crippen molar-refractivity contribution in [3.05, 3.63) is 63.6 Å². The predicted molar refractivity (Wildman–Crippen MR) is 85.9 cm³/mol. The summed E-state index contributed by atoms with van der Waals surface area (Å²) in [4.78, 5) is 27.6. The Hall–Kier alpha value is -2.37. The molecule has 3 rings (SSSR count). The molecule has 2 aromatic carbocycles. The smallest absolute Gasteiger partial charge is 0.306 e. The molecule has 0 radical (unpaired) electrons. The average molecular weight is 334 g/mol. The number of rotatable bonds is 1. The molecule has 2 aromatic rings. The van der Waals surface area contributed by atoms with E-state index in [-0.39, 0.29) is 11.7 Å². The van der Waals surface area contributed by atoms with Gasteiger partial charge in [-0.2, -0.15) is 4.99 Å². The third-order valence-corrected chi connectivity index (χ3v) is 3.61. The van der Waals surface area contributed by atoms with E-state index in [0.717, 1.165) is 0 Å². The quantitative estimate of drug-likeness (QED) is 0.834. The molecule has 22 heavy (non-hydrogen) atoms. The zero-order chi connectivity index (χ0) is 15.7. The Bertz CT molecular complexity index is 818. The SMILES string of the molecule is O=C(/N=C1/NC(=O)c2ccccc21)Nc1cc(Cl)ccc1Cl. The lowest BCUT2D eigenvalue weighted by Crippen LogP contribution is -2.23. The van der Waals surface area contributed by atoms with Crippen LogP contribution in [-0.4, -0.2) is 17.8 Å². The molecule has 0 fully saturated rings. The van der Waals surface area contributed by atoms with Crippen molar-refractivity contribution in [3.63, 3.8) is 0 Å². The van der Waals surface area contributed by atoms with Gasteiger partial charge in [0.2, 0.25) is 0 Å². The zero-order valence-electron chi connectivity index (χ0n) is 11.1. The number of halogens is 2. The molecule has 0 spiro atoms. The van der Waals surface area contributed by atoms with Gasteiger partial charge in [-0.3, -0.25) is 4.79 Å². The first-order valence-electron chi connectivity index (χ1n) is 6.30. The molecule has 3 amide bonds. The molecule has 1 heterocycles. The number of benzene rings is 2. The maximum absolute atomic E-state index is 12.0. The number of urea groups is 1. The zero-order valence-corrected chi connectivity index (χ0v) is 12.6. The fraction of sp³-hybridized carbons (Fsp3) is 0. The van der Waals surface area contributed by atoms with Gasteiger partial charge in [0.1, 0.15) is 5.84 Å². The van der Waals surface area contributed by atoms with Gasteiger partial charge in [-0.15, -0.1) is 0 Å². The fourth-order valence-corrected chi connectivity index (χ4v) is 2.39. The van der Waals surface area contributed by atoms with Gasteiger partial charge < -0.3 is 10.6 Å². The first-order chi connectivity index (χ1) is 10.5. The molecule has 1 aliphatic rings. The van der Waals surface area contributed by atoms with Crippen molar-refractivity contribution in [2.45, 2.75) is 0 Å². The van der Waals surface area contributed by atoms with Crippen LogP contribution in [0.2, 0.25) is 10.0 Å². The van der Waals surface area contributed by atoms with Crippen molar-refractivity contribution in [1.29, 1.82) is 0 Å². The maximum atomic E-state index is 12.0. The summed E-state index contributed by atoms with van der Waals surface area (Å²) >= 11 is 11.8. The van der Waals surface area contributed by atoms with Crippen LogP contribution in [0.15, 0.2) is 47.5 Å². The summed E-state index contributed by atoms with van der Waals surface area (Å²) in [6, 6.07) is 10.9. The number of nitrogens with zero attached hydrogens (tertiary/aromatic N) is 1. The Morgan fingerprint density at radius 1 is 1.09 bits per heavy atom. The standard InChI is InChI=1S/C15H9Cl2N3O2/c16-8-5-6-11(17)12(7-8)18-15(22)20-13-9-3-1-2-4-10(9)14(21)19-13/h1-7H,(H2,18,19,20,21,22). The molecule has 0 atom stereocenters. The van der Waals surface area contributed by atoms with E-state index in [1.807, 2.05) is 0 Å². The highest BCUT2D eigenvalue weighted by Gasteiger charge is 2.25. The third-order valence-electron chi connectivity index (χ3n) is 3.04. The van der Waals surface area contributed by atoms with Gasteiger partial charge in [0, 0.05) is 10.6 Å². The maximum Gasteiger partial charge on any atom is 0.347 e. The van der Waals surface area contributed by atoms with E-state index in [1.54, 1.807) is 36.4 Å². The minimum Gasteiger partial charge on any atom is -0.306 e. The molecule has 0 saturated heterocycles. The summed E-state index contributed by atoms with van der Waals surface area (Å²) in [6.07, 6.45) is 0. The van der Waals surface area contributed by atoms with Crippen LogP contribution in [0, 0.1) is 0 Å². The van der Waals surface area contributed by atoms with Crippen LogP contribution in [0.1, 0.15) is 15.9 Å². The summed E-state index contributed by atoms with van der Waals surface area (Å²) in [6.45, 7) is 0. The molecular formula is C15H9Cl2N3O2. The predicted octanol–water partition coefficient (Wildman–Crippen LogP) is 3.72. The van der Waals surface area contributed by atoms with Crippen LogP contribution in [0.25, 0.3) is 0 Å². The highest BCUT2D eigenvalue weighted by Crippen LogP contribution is 2.25. The van der Waals surface area contributed by atoms with E-state index in [4.69, 9.17) is 23.2 Å². The number of aliphatic imine (C=N–C) groups is 1. The first-order valence-corrected chi connectivity index (χ1v) is 7.05. The van der Waals surface area contributed by atoms with Crippen LogP contribution in [0.4, 0.5) is 10.5 Å². The van der Waals surface area contributed by atoms with Crippen LogP contribution >= 0.6 is 23.2 Å². The Balaban J connectivity index is 1.86. The molecule has 0 aliphatic carbocycles. The van der Waals surface area contributed by atoms with Crippen LogP contribution in [-0.2, 0) is 0 Å². The lowest BCUT2D eigenvalue weighted by atomic mass is 10.1. The second-order valence-electron chi connectivity index (χ2n) is 4.51. The molecule has 0 saturated carbocycles. The Morgan fingerprint density at radius 2 is 1.82 bits per heavy atom. The molecule has 1 aliphatic heterocycles. The van der Waals surface area contributed by atoms with E-state index in [9.17, 15) is 9.59 Å². The highest BCUT2D eigenvalue weighted by molar-refractivity contribution is 6.35. The van der Waals surface area contributed by atoms with Gasteiger partial charge in [0.25, 0.3) is 5.91 Å². The molecule has 0 unspecified atom stereocenters. The van der Waals surface area contributed by atoms with Crippen molar-refractivity contribution in [3.8, 4) is 0 Å². The molecule has 5 nitrogen and oxygen atoms in total. The minimum atomic E-state index is -0.656. The van der Waals surface area contributed by atoms with Crippen molar-refractivity contribution in [2.24, 2.45) is 4.99 Å². The molecule has 2 N–H and O–H groups in total. The molecule has 7 heteroatoms. The van der Waals surface area contributed by atoms with Crippen molar-refractivity contribution in [1.82, 2.24) is 5.32 Å². The molecular weight excluding hydrogens is 325 g/mol. The Morgan fingerprint density at radius 3 is 2.59 bits per heavy atom. The largest absolute Gasteiger partial charge is 0.347 e. The van der Waals surface area contributed by atoms with Gasteiger partial charge in [-0.05, 0) is 24.3 Å². The summed E-state index contributed by atoms with van der Waals surface area (Å²) in [7, 11) is 0. The number of anilines is 1. The topological polar surface area (TPSA) is 70.6 Å². The van der Waals surface area contributed by atoms with Crippen molar-refractivity contribution >= 4 is 46.7 Å². The number of carbonyl (C=O) groups excluding carboxylic acids is 2. The van der Waals surface area contributed by atoms with Crippen LogP contribution in [0.5, 0.6) is 0 Å². The number of hydrogen-bond acceptors (Lipinski definition) is 2. The van der Waals surface area contributed by atoms with Crippen molar-refractivity contribution in [2.75, 3.05) is 5.32 Å². The van der Waals surface area contributed by atoms with Crippen LogP contribution < -0.4 is 10.6 Å². The average Bonchev–Trinajstić information content (AvgIpc) is 2.80. The second-order valence-corrected chi connectivity index (χ2v) is 5.36. The second kappa shape index (κ2) is 5.79.